The maximum Gasteiger partial charge on any atom is 0.220 e. The third kappa shape index (κ3) is 6.41. The maximum absolute atomic E-state index is 13.2. The summed E-state index contributed by atoms with van der Waals surface area (Å²) in [5.41, 5.74) is 4.56. The number of nitrogens with one attached hydrogen (secondary N) is 1. The largest absolute Gasteiger partial charge is 0.489 e. The van der Waals surface area contributed by atoms with E-state index in [0.29, 0.717) is 19.6 Å². The van der Waals surface area contributed by atoms with Crippen molar-refractivity contribution in [2.45, 2.75) is 38.2 Å². The summed E-state index contributed by atoms with van der Waals surface area (Å²) in [4.78, 5) is 15.7. The molecule has 1 amide bonds. The van der Waals surface area contributed by atoms with E-state index in [4.69, 9.17) is 4.74 Å². The van der Waals surface area contributed by atoms with Gasteiger partial charge in [-0.25, -0.2) is 0 Å². The number of aromatic nitrogens is 1. The molecule has 192 valence electrons. The topological polar surface area (TPSA) is 46.5 Å². The van der Waals surface area contributed by atoms with Crippen LogP contribution in [0.5, 0.6) is 5.75 Å². The summed E-state index contributed by atoms with van der Waals surface area (Å²) in [5.74, 6) is 0.837. The van der Waals surface area contributed by atoms with E-state index in [-0.39, 0.29) is 11.8 Å². The van der Waals surface area contributed by atoms with Crippen molar-refractivity contribution in [1.29, 1.82) is 0 Å². The monoisotopic (exact) mass is 495 g/mol. The fraction of sp³-hybridized carbons (Fsp3) is 0.344. The van der Waals surface area contributed by atoms with Gasteiger partial charge in [-0.2, -0.15) is 0 Å². The minimum Gasteiger partial charge on any atom is -0.489 e. The smallest absolute Gasteiger partial charge is 0.220 e. The molecule has 1 aliphatic heterocycles. The highest BCUT2D eigenvalue weighted by molar-refractivity contribution is 5.86. The summed E-state index contributed by atoms with van der Waals surface area (Å²) >= 11 is 0. The van der Waals surface area contributed by atoms with Gasteiger partial charge in [-0.15, -0.1) is 0 Å². The van der Waals surface area contributed by atoms with Gasteiger partial charge in [0.2, 0.25) is 5.91 Å². The van der Waals surface area contributed by atoms with Gasteiger partial charge in [0.25, 0.3) is 0 Å². The number of benzene rings is 3. The Morgan fingerprint density at radius 3 is 2.57 bits per heavy atom. The first-order chi connectivity index (χ1) is 18.2. The molecule has 2 heterocycles. The van der Waals surface area contributed by atoms with Crippen molar-refractivity contribution in [3.05, 3.63) is 102 Å². The van der Waals surface area contributed by atoms with Crippen LogP contribution >= 0.6 is 0 Å². The lowest BCUT2D eigenvalue weighted by Gasteiger charge is -2.26. The number of piperidine rings is 1. The van der Waals surface area contributed by atoms with E-state index in [0.717, 1.165) is 36.5 Å². The molecule has 0 aliphatic carbocycles. The van der Waals surface area contributed by atoms with E-state index >= 15 is 0 Å². The molecule has 1 aromatic heterocycles. The van der Waals surface area contributed by atoms with Crippen LogP contribution in [0, 0.1) is 0 Å². The molecule has 37 heavy (non-hydrogen) atoms. The van der Waals surface area contributed by atoms with Crippen LogP contribution in [0.2, 0.25) is 0 Å². The van der Waals surface area contributed by atoms with Crippen molar-refractivity contribution >= 4 is 16.8 Å². The second-order valence-electron chi connectivity index (χ2n) is 10.1. The Balaban J connectivity index is 1.35. The molecule has 1 unspecified atom stereocenters. The SMILES string of the molecule is Cn1cc(C(CC(=O)NCCN2CCCCC2)c2cccc(OCc3ccccc3)c2)c2ccccc21. The Morgan fingerprint density at radius 2 is 1.73 bits per heavy atom. The number of amides is 1. The molecule has 3 aromatic carbocycles. The van der Waals surface area contributed by atoms with Crippen LogP contribution in [-0.4, -0.2) is 41.6 Å². The van der Waals surface area contributed by atoms with Crippen molar-refractivity contribution < 1.29 is 9.53 Å². The molecule has 4 aromatic rings. The molecular weight excluding hydrogens is 458 g/mol. The summed E-state index contributed by atoms with van der Waals surface area (Å²) < 4.78 is 8.29. The number of carbonyl (C=O) groups is 1. The van der Waals surface area contributed by atoms with E-state index in [1.165, 1.54) is 35.7 Å². The summed E-state index contributed by atoms with van der Waals surface area (Å²) in [6.45, 7) is 4.42. The van der Waals surface area contributed by atoms with E-state index in [1.54, 1.807) is 0 Å². The highest BCUT2D eigenvalue weighted by Crippen LogP contribution is 2.35. The van der Waals surface area contributed by atoms with Crippen LogP contribution in [0.4, 0.5) is 0 Å². The predicted molar refractivity (Wildman–Crippen MR) is 150 cm³/mol. The Labute approximate surface area is 220 Å². The zero-order valence-corrected chi connectivity index (χ0v) is 21.7. The fourth-order valence-corrected chi connectivity index (χ4v) is 5.41. The van der Waals surface area contributed by atoms with Gasteiger partial charge in [0.15, 0.2) is 0 Å². The van der Waals surface area contributed by atoms with E-state index in [1.807, 2.05) is 30.3 Å². The lowest BCUT2D eigenvalue weighted by molar-refractivity contribution is -0.121. The summed E-state index contributed by atoms with van der Waals surface area (Å²) in [5, 5.41) is 4.38. The minimum absolute atomic E-state index is 0.0682. The van der Waals surface area contributed by atoms with Gasteiger partial charge < -0.3 is 19.5 Å². The van der Waals surface area contributed by atoms with Gasteiger partial charge in [0.1, 0.15) is 12.4 Å². The number of likely N-dealkylation sites (tertiary alicyclic amines) is 1. The van der Waals surface area contributed by atoms with Crippen LogP contribution in [0.3, 0.4) is 0 Å². The highest BCUT2D eigenvalue weighted by Gasteiger charge is 2.23. The molecule has 1 N–H and O–H groups in total. The molecule has 0 radical (unpaired) electrons. The standard InChI is InChI=1S/C32H37N3O2/c1-34-23-30(28-15-6-7-16-31(28)34)29(22-32(36)33-17-20-35-18-8-3-9-19-35)26-13-10-14-27(21-26)37-24-25-11-4-2-5-12-25/h2,4-7,10-16,21,23,29H,3,8-9,17-20,22,24H2,1H3,(H,33,36). The molecule has 5 heteroatoms. The summed E-state index contributed by atoms with van der Waals surface area (Å²) in [6, 6.07) is 26.8. The van der Waals surface area contributed by atoms with Crippen molar-refractivity contribution in [3.8, 4) is 5.75 Å². The Hall–Kier alpha value is -3.57. The fourth-order valence-electron chi connectivity index (χ4n) is 5.41. The highest BCUT2D eigenvalue weighted by atomic mass is 16.5. The number of hydrogen-bond acceptors (Lipinski definition) is 3. The third-order valence-electron chi connectivity index (χ3n) is 7.40. The van der Waals surface area contributed by atoms with Crippen molar-refractivity contribution in [3.63, 3.8) is 0 Å². The normalized spacial score (nSPS) is 14.9. The van der Waals surface area contributed by atoms with Crippen LogP contribution in [0.15, 0.2) is 85.1 Å². The Kier molecular flexibility index (Phi) is 8.21. The minimum atomic E-state index is -0.0682. The van der Waals surface area contributed by atoms with Gasteiger partial charge >= 0.3 is 0 Å². The first-order valence-corrected chi connectivity index (χ1v) is 13.5. The number of hydrogen-bond donors (Lipinski definition) is 1. The Bertz CT molecular complexity index is 1310. The molecule has 1 fully saturated rings. The number of fused-ring (bicyclic) bond motifs is 1. The van der Waals surface area contributed by atoms with Crippen molar-refractivity contribution in [2.75, 3.05) is 26.2 Å². The number of rotatable bonds is 10. The maximum atomic E-state index is 13.2. The second-order valence-corrected chi connectivity index (χ2v) is 10.1. The first kappa shape index (κ1) is 25.1. The van der Waals surface area contributed by atoms with Crippen LogP contribution in [0.1, 0.15) is 48.3 Å². The molecule has 0 spiro atoms. The molecule has 1 atom stereocenters. The average Bonchev–Trinajstić information content (AvgIpc) is 3.28. The zero-order valence-electron chi connectivity index (χ0n) is 21.7. The van der Waals surface area contributed by atoms with Gasteiger partial charge in [0.05, 0.1) is 0 Å². The lowest BCUT2D eigenvalue weighted by Crippen LogP contribution is -2.38. The van der Waals surface area contributed by atoms with Gasteiger partial charge in [-0.3, -0.25) is 4.79 Å². The predicted octanol–water partition coefficient (Wildman–Crippen LogP) is 5.88. The first-order valence-electron chi connectivity index (χ1n) is 13.5. The van der Waals surface area contributed by atoms with E-state index in [2.05, 4.69) is 76.6 Å². The second kappa shape index (κ2) is 12.1. The number of ether oxygens (including phenoxy) is 1. The van der Waals surface area contributed by atoms with Gasteiger partial charge in [0, 0.05) is 49.6 Å². The number of nitrogens with zero attached hydrogens (tertiary/aromatic N) is 2. The van der Waals surface area contributed by atoms with Crippen molar-refractivity contribution in [1.82, 2.24) is 14.8 Å². The molecular formula is C32H37N3O2. The van der Waals surface area contributed by atoms with Crippen molar-refractivity contribution in [2.24, 2.45) is 7.05 Å². The molecule has 5 rings (SSSR count). The number of aryl methyl sites for hydroxylation is 1. The molecule has 0 bridgehead atoms. The molecule has 0 saturated carbocycles. The Morgan fingerprint density at radius 1 is 0.946 bits per heavy atom. The molecule has 1 saturated heterocycles. The summed E-state index contributed by atoms with van der Waals surface area (Å²) in [6.07, 6.45) is 6.42. The van der Waals surface area contributed by atoms with E-state index in [9.17, 15) is 4.79 Å². The van der Waals surface area contributed by atoms with E-state index < -0.39 is 0 Å². The number of carbonyl (C=O) groups excluding carboxylic acids is 1. The number of para-hydroxylation sites is 1. The average molecular weight is 496 g/mol. The molecule has 1 aliphatic rings. The molecule has 5 nitrogen and oxygen atoms in total. The van der Waals surface area contributed by atoms with Crippen LogP contribution in [0.25, 0.3) is 10.9 Å². The quantitative estimate of drug-likeness (QED) is 0.299. The van der Waals surface area contributed by atoms with Crippen LogP contribution in [-0.2, 0) is 18.4 Å². The van der Waals surface area contributed by atoms with Crippen LogP contribution < -0.4 is 10.1 Å². The third-order valence-corrected chi connectivity index (χ3v) is 7.40. The zero-order chi connectivity index (χ0) is 25.5. The van der Waals surface area contributed by atoms with Gasteiger partial charge in [-0.1, -0.05) is 67.1 Å². The lowest BCUT2D eigenvalue weighted by atomic mass is 9.88. The van der Waals surface area contributed by atoms with Gasteiger partial charge in [-0.05, 0) is 60.8 Å². The summed E-state index contributed by atoms with van der Waals surface area (Å²) in [7, 11) is 2.07.